The van der Waals surface area contributed by atoms with Crippen molar-refractivity contribution in [3.63, 3.8) is 0 Å². The lowest BCUT2D eigenvalue weighted by Gasteiger charge is -2.07. The van der Waals surface area contributed by atoms with E-state index in [1.54, 1.807) is 17.1 Å². The monoisotopic (exact) mass is 369 g/mol. The molecule has 2 heterocycles. The van der Waals surface area contributed by atoms with E-state index in [9.17, 15) is 9.59 Å². The van der Waals surface area contributed by atoms with E-state index in [1.807, 2.05) is 37.3 Å². The van der Waals surface area contributed by atoms with Crippen molar-refractivity contribution in [3.05, 3.63) is 69.9 Å². The van der Waals surface area contributed by atoms with Gasteiger partial charge in [0.2, 0.25) is 5.91 Å². The number of amides is 2. The van der Waals surface area contributed by atoms with Crippen LogP contribution in [-0.2, 0) is 17.9 Å². The first-order chi connectivity index (χ1) is 12.6. The van der Waals surface area contributed by atoms with Crippen LogP contribution in [0.2, 0.25) is 0 Å². The molecule has 0 unspecified atom stereocenters. The Morgan fingerprint density at radius 1 is 1.08 bits per heavy atom. The minimum absolute atomic E-state index is 0.0415. The molecule has 7 nitrogen and oxygen atoms in total. The fourth-order valence-electron chi connectivity index (χ4n) is 2.33. The maximum absolute atomic E-state index is 11.9. The summed E-state index contributed by atoms with van der Waals surface area (Å²) in [5.74, 6) is -0.450. The Morgan fingerprint density at radius 2 is 1.85 bits per heavy atom. The third-order valence-corrected chi connectivity index (χ3v) is 4.70. The topological polar surface area (TPSA) is 88.9 Å². The highest BCUT2D eigenvalue weighted by atomic mass is 32.1. The molecule has 0 saturated heterocycles. The number of hydrogen-bond donors (Lipinski definition) is 2. The number of nitrogens with one attached hydrogen (secondary N) is 2. The molecule has 26 heavy (non-hydrogen) atoms. The van der Waals surface area contributed by atoms with Gasteiger partial charge in [-0.2, -0.15) is 5.10 Å². The third kappa shape index (κ3) is 5.00. The highest BCUT2D eigenvalue weighted by Gasteiger charge is 2.09. The van der Waals surface area contributed by atoms with Crippen LogP contribution >= 0.6 is 11.3 Å². The molecule has 0 saturated carbocycles. The molecule has 134 valence electrons. The van der Waals surface area contributed by atoms with Crippen LogP contribution in [0.5, 0.6) is 0 Å². The van der Waals surface area contributed by atoms with Gasteiger partial charge in [0.25, 0.3) is 5.91 Å². The van der Waals surface area contributed by atoms with Gasteiger partial charge in [-0.25, -0.2) is 9.67 Å². The molecule has 3 rings (SSSR count). The van der Waals surface area contributed by atoms with Crippen molar-refractivity contribution in [1.82, 2.24) is 25.4 Å². The zero-order chi connectivity index (χ0) is 18.4. The zero-order valence-electron chi connectivity index (χ0n) is 14.3. The molecule has 0 aliphatic rings. The van der Waals surface area contributed by atoms with Crippen LogP contribution in [-0.4, -0.2) is 33.1 Å². The first-order valence-electron chi connectivity index (χ1n) is 8.12. The van der Waals surface area contributed by atoms with Gasteiger partial charge >= 0.3 is 0 Å². The van der Waals surface area contributed by atoms with Crippen LogP contribution < -0.4 is 10.6 Å². The minimum Gasteiger partial charge on any atom is -0.350 e. The number of benzene rings is 1. The molecule has 0 atom stereocenters. The molecule has 0 aliphatic carbocycles. The molecule has 0 fully saturated rings. The first kappa shape index (κ1) is 17.8. The van der Waals surface area contributed by atoms with Gasteiger partial charge in [-0.1, -0.05) is 24.3 Å². The van der Waals surface area contributed by atoms with Crippen molar-refractivity contribution in [2.75, 3.05) is 6.54 Å². The molecule has 0 spiro atoms. The molecule has 3 aromatic rings. The van der Waals surface area contributed by atoms with Gasteiger partial charge in [-0.15, -0.1) is 11.3 Å². The Bertz CT molecular complexity index is 871. The highest BCUT2D eigenvalue weighted by Crippen LogP contribution is 2.14. The number of carbonyl (C=O) groups excluding carboxylic acids is 2. The van der Waals surface area contributed by atoms with Gasteiger partial charge in [0.1, 0.15) is 12.7 Å². The van der Waals surface area contributed by atoms with Crippen molar-refractivity contribution in [3.8, 4) is 0 Å². The van der Waals surface area contributed by atoms with E-state index in [2.05, 4.69) is 20.7 Å². The normalized spacial score (nSPS) is 10.5. The Morgan fingerprint density at radius 3 is 2.50 bits per heavy atom. The second-order valence-corrected chi connectivity index (χ2v) is 7.07. The standard InChI is InChI=1S/C18H19N5O2S/c1-13-2-7-16(26-13)18(25)21-9-17(24)20-8-14-3-5-15(6-4-14)10-23-12-19-11-22-23/h2-7,11-12H,8-10H2,1H3,(H,20,24)(H,21,25). The number of rotatable bonds is 7. The highest BCUT2D eigenvalue weighted by molar-refractivity contribution is 7.13. The molecular formula is C18H19N5O2S. The molecule has 0 radical (unpaired) electrons. The van der Waals surface area contributed by atoms with E-state index in [-0.39, 0.29) is 18.4 Å². The van der Waals surface area contributed by atoms with Gasteiger partial charge in [-0.05, 0) is 30.2 Å². The Hall–Kier alpha value is -3.00. The number of aromatic nitrogens is 3. The Labute approximate surface area is 155 Å². The maximum Gasteiger partial charge on any atom is 0.261 e. The van der Waals surface area contributed by atoms with E-state index in [4.69, 9.17) is 0 Å². The van der Waals surface area contributed by atoms with E-state index >= 15 is 0 Å². The van der Waals surface area contributed by atoms with E-state index in [0.717, 1.165) is 16.0 Å². The van der Waals surface area contributed by atoms with E-state index < -0.39 is 0 Å². The number of carbonyl (C=O) groups is 2. The lowest BCUT2D eigenvalue weighted by Crippen LogP contribution is -2.36. The van der Waals surface area contributed by atoms with Crippen LogP contribution in [0.1, 0.15) is 25.7 Å². The summed E-state index contributed by atoms with van der Waals surface area (Å²) < 4.78 is 1.74. The average Bonchev–Trinajstić information content (AvgIpc) is 3.31. The van der Waals surface area contributed by atoms with Gasteiger partial charge in [0.15, 0.2) is 0 Å². The van der Waals surface area contributed by atoms with Crippen LogP contribution in [0.15, 0.2) is 49.1 Å². The average molecular weight is 369 g/mol. The summed E-state index contributed by atoms with van der Waals surface area (Å²) in [4.78, 5) is 29.4. The van der Waals surface area contributed by atoms with Crippen LogP contribution in [0.3, 0.4) is 0 Å². The molecule has 0 bridgehead atoms. The lowest BCUT2D eigenvalue weighted by atomic mass is 10.1. The molecule has 1 aromatic carbocycles. The van der Waals surface area contributed by atoms with Crippen molar-refractivity contribution in [1.29, 1.82) is 0 Å². The predicted molar refractivity (Wildman–Crippen MR) is 98.8 cm³/mol. The quantitative estimate of drug-likeness (QED) is 0.664. The molecular weight excluding hydrogens is 350 g/mol. The van der Waals surface area contributed by atoms with Gasteiger partial charge in [0.05, 0.1) is 18.0 Å². The smallest absolute Gasteiger partial charge is 0.261 e. The number of aryl methyl sites for hydroxylation is 1. The zero-order valence-corrected chi connectivity index (χ0v) is 15.1. The van der Waals surface area contributed by atoms with E-state index in [1.165, 1.54) is 17.7 Å². The number of thiophene rings is 1. The lowest BCUT2D eigenvalue weighted by molar-refractivity contribution is -0.120. The summed E-state index contributed by atoms with van der Waals surface area (Å²) in [6.07, 6.45) is 3.17. The number of hydrogen-bond acceptors (Lipinski definition) is 5. The maximum atomic E-state index is 11.9. The third-order valence-electron chi connectivity index (χ3n) is 3.70. The summed E-state index contributed by atoms with van der Waals surface area (Å²) in [6.45, 7) is 2.96. The largest absolute Gasteiger partial charge is 0.350 e. The van der Waals surface area contributed by atoms with Crippen LogP contribution in [0.25, 0.3) is 0 Å². The van der Waals surface area contributed by atoms with Crippen molar-refractivity contribution >= 4 is 23.2 Å². The van der Waals surface area contributed by atoms with Crippen LogP contribution in [0.4, 0.5) is 0 Å². The summed E-state index contributed by atoms with van der Waals surface area (Å²) in [6, 6.07) is 11.5. The first-order valence-corrected chi connectivity index (χ1v) is 8.93. The minimum atomic E-state index is -0.226. The Kier molecular flexibility index (Phi) is 5.75. The summed E-state index contributed by atoms with van der Waals surface area (Å²) in [5, 5.41) is 9.49. The second kappa shape index (κ2) is 8.39. The Balaban J connectivity index is 1.42. The van der Waals surface area contributed by atoms with E-state index in [0.29, 0.717) is 18.0 Å². The van der Waals surface area contributed by atoms with Crippen LogP contribution in [0, 0.1) is 6.92 Å². The summed E-state index contributed by atoms with van der Waals surface area (Å²) >= 11 is 1.41. The summed E-state index contributed by atoms with van der Waals surface area (Å²) in [7, 11) is 0. The second-order valence-electron chi connectivity index (χ2n) is 5.78. The fraction of sp³-hybridized carbons (Fsp3) is 0.222. The SMILES string of the molecule is Cc1ccc(C(=O)NCC(=O)NCc2ccc(Cn3cncn3)cc2)s1. The fourth-order valence-corrected chi connectivity index (χ4v) is 3.12. The molecule has 0 aliphatic heterocycles. The molecule has 2 amide bonds. The summed E-state index contributed by atoms with van der Waals surface area (Å²) in [5.41, 5.74) is 2.09. The predicted octanol–water partition coefficient (Wildman–Crippen LogP) is 1.74. The van der Waals surface area contributed by atoms with Gasteiger partial charge in [0, 0.05) is 11.4 Å². The van der Waals surface area contributed by atoms with Crippen molar-refractivity contribution in [2.24, 2.45) is 0 Å². The number of nitrogens with zero attached hydrogens (tertiary/aromatic N) is 3. The molecule has 2 N–H and O–H groups in total. The molecule has 2 aromatic heterocycles. The van der Waals surface area contributed by atoms with Gasteiger partial charge < -0.3 is 10.6 Å². The molecule has 8 heteroatoms. The van der Waals surface area contributed by atoms with Crippen molar-refractivity contribution in [2.45, 2.75) is 20.0 Å². The van der Waals surface area contributed by atoms with Crippen molar-refractivity contribution < 1.29 is 9.59 Å². The van der Waals surface area contributed by atoms with Gasteiger partial charge in [-0.3, -0.25) is 9.59 Å².